The zero-order valence-electron chi connectivity index (χ0n) is 12.2. The van der Waals surface area contributed by atoms with Gasteiger partial charge in [0.15, 0.2) is 0 Å². The molecule has 0 fully saturated rings. The molecule has 0 bridgehead atoms. The molecular formula is C18H16N2OS. The number of aryl methyl sites for hydroxylation is 1. The summed E-state index contributed by atoms with van der Waals surface area (Å²) in [5, 5.41) is 5.90. The molecule has 0 saturated heterocycles. The van der Waals surface area contributed by atoms with E-state index in [1.807, 2.05) is 60.8 Å². The first-order valence-corrected chi connectivity index (χ1v) is 7.94. The minimum Gasteiger partial charge on any atom is -0.348 e. The highest BCUT2D eigenvalue weighted by atomic mass is 32.1. The number of benzene rings is 2. The highest BCUT2D eigenvalue weighted by Gasteiger charge is 2.09. The van der Waals surface area contributed by atoms with Crippen molar-refractivity contribution in [3.8, 4) is 10.6 Å². The van der Waals surface area contributed by atoms with Gasteiger partial charge in [-0.15, -0.1) is 11.3 Å². The predicted molar refractivity (Wildman–Crippen MR) is 89.9 cm³/mol. The maximum Gasteiger partial charge on any atom is 0.251 e. The van der Waals surface area contributed by atoms with Crippen molar-refractivity contribution in [1.29, 1.82) is 0 Å². The van der Waals surface area contributed by atoms with Gasteiger partial charge >= 0.3 is 0 Å². The second-order valence-electron chi connectivity index (χ2n) is 5.04. The fourth-order valence-electron chi connectivity index (χ4n) is 2.22. The molecule has 1 N–H and O–H groups in total. The predicted octanol–water partition coefficient (Wildman–Crippen LogP) is 4.05. The number of nitrogens with one attached hydrogen (secondary N) is 1. The van der Waals surface area contributed by atoms with Gasteiger partial charge in [0.2, 0.25) is 0 Å². The van der Waals surface area contributed by atoms with Crippen molar-refractivity contribution in [2.24, 2.45) is 0 Å². The van der Waals surface area contributed by atoms with Gasteiger partial charge in [-0.1, -0.05) is 42.0 Å². The van der Waals surface area contributed by atoms with Crippen LogP contribution in [0.25, 0.3) is 10.6 Å². The SMILES string of the molecule is Cc1ccc(C(=O)NCc2ccccc2-c2nccs2)cc1. The lowest BCUT2D eigenvalue weighted by atomic mass is 10.1. The summed E-state index contributed by atoms with van der Waals surface area (Å²) in [5.41, 5.74) is 3.96. The summed E-state index contributed by atoms with van der Waals surface area (Å²) in [5.74, 6) is -0.0612. The number of carbonyl (C=O) groups is 1. The van der Waals surface area contributed by atoms with Crippen molar-refractivity contribution in [2.45, 2.75) is 13.5 Å². The quantitative estimate of drug-likeness (QED) is 0.790. The molecule has 1 aromatic heterocycles. The lowest BCUT2D eigenvalue weighted by Gasteiger charge is -2.09. The van der Waals surface area contributed by atoms with Crippen LogP contribution in [0.1, 0.15) is 21.5 Å². The Kier molecular flexibility index (Phi) is 4.30. The summed E-state index contributed by atoms with van der Waals surface area (Å²) in [6, 6.07) is 15.6. The Balaban J connectivity index is 1.74. The van der Waals surface area contributed by atoms with Crippen LogP contribution in [-0.4, -0.2) is 10.9 Å². The van der Waals surface area contributed by atoms with E-state index in [0.717, 1.165) is 21.7 Å². The van der Waals surface area contributed by atoms with Crippen molar-refractivity contribution in [1.82, 2.24) is 10.3 Å². The number of hydrogen-bond acceptors (Lipinski definition) is 3. The molecule has 0 aliphatic carbocycles. The number of aromatic nitrogens is 1. The summed E-state index contributed by atoms with van der Waals surface area (Å²) >= 11 is 1.60. The van der Waals surface area contributed by atoms with Gasteiger partial charge in [0.1, 0.15) is 5.01 Å². The number of rotatable bonds is 4. The van der Waals surface area contributed by atoms with Gasteiger partial charge in [-0.05, 0) is 24.6 Å². The lowest BCUT2D eigenvalue weighted by Crippen LogP contribution is -2.23. The first-order chi connectivity index (χ1) is 10.7. The molecule has 0 spiro atoms. The van der Waals surface area contributed by atoms with Crippen molar-refractivity contribution in [2.75, 3.05) is 0 Å². The third kappa shape index (κ3) is 3.23. The van der Waals surface area contributed by atoms with E-state index in [1.165, 1.54) is 0 Å². The molecule has 1 heterocycles. The molecule has 4 heteroatoms. The molecule has 0 unspecified atom stereocenters. The fourth-order valence-corrected chi connectivity index (χ4v) is 2.92. The third-order valence-corrected chi connectivity index (χ3v) is 4.24. The van der Waals surface area contributed by atoms with Crippen LogP contribution >= 0.6 is 11.3 Å². The lowest BCUT2D eigenvalue weighted by molar-refractivity contribution is 0.0951. The van der Waals surface area contributed by atoms with E-state index in [1.54, 1.807) is 17.5 Å². The van der Waals surface area contributed by atoms with Crippen molar-refractivity contribution >= 4 is 17.2 Å². The first kappa shape index (κ1) is 14.5. The Morgan fingerprint density at radius 3 is 2.64 bits per heavy atom. The molecule has 0 atom stereocenters. The monoisotopic (exact) mass is 308 g/mol. The Morgan fingerprint density at radius 1 is 1.14 bits per heavy atom. The number of carbonyl (C=O) groups excluding carboxylic acids is 1. The van der Waals surface area contributed by atoms with Crippen LogP contribution in [0.4, 0.5) is 0 Å². The zero-order chi connectivity index (χ0) is 15.4. The molecular weight excluding hydrogens is 292 g/mol. The van der Waals surface area contributed by atoms with Gasteiger partial charge in [-0.25, -0.2) is 4.98 Å². The Morgan fingerprint density at radius 2 is 1.91 bits per heavy atom. The average Bonchev–Trinajstić information content (AvgIpc) is 3.08. The molecule has 110 valence electrons. The highest BCUT2D eigenvalue weighted by Crippen LogP contribution is 2.25. The molecule has 1 amide bonds. The second kappa shape index (κ2) is 6.54. The van der Waals surface area contributed by atoms with Crippen molar-refractivity contribution in [3.05, 3.63) is 76.8 Å². The van der Waals surface area contributed by atoms with Crippen molar-refractivity contribution < 1.29 is 4.79 Å². The van der Waals surface area contributed by atoms with E-state index >= 15 is 0 Å². The minimum atomic E-state index is -0.0612. The van der Waals surface area contributed by atoms with Crippen LogP contribution in [0.2, 0.25) is 0 Å². The standard InChI is InChI=1S/C18H16N2OS/c1-13-6-8-14(9-7-13)17(21)20-12-15-4-2-3-5-16(15)18-19-10-11-22-18/h2-11H,12H2,1H3,(H,20,21). The minimum absolute atomic E-state index is 0.0612. The number of hydrogen-bond donors (Lipinski definition) is 1. The van der Waals surface area contributed by atoms with Crippen LogP contribution in [0.15, 0.2) is 60.1 Å². The molecule has 0 aliphatic heterocycles. The fraction of sp³-hybridized carbons (Fsp3) is 0.111. The zero-order valence-corrected chi connectivity index (χ0v) is 13.1. The van der Waals surface area contributed by atoms with E-state index in [4.69, 9.17) is 0 Å². The van der Waals surface area contributed by atoms with Crippen LogP contribution in [-0.2, 0) is 6.54 Å². The largest absolute Gasteiger partial charge is 0.348 e. The second-order valence-corrected chi connectivity index (χ2v) is 5.94. The molecule has 0 radical (unpaired) electrons. The van der Waals surface area contributed by atoms with Crippen LogP contribution in [0.5, 0.6) is 0 Å². The summed E-state index contributed by atoms with van der Waals surface area (Å²) in [6.45, 7) is 2.49. The Bertz CT molecular complexity index is 764. The van der Waals surface area contributed by atoms with Crippen LogP contribution in [0.3, 0.4) is 0 Å². The molecule has 0 saturated carbocycles. The normalized spacial score (nSPS) is 10.4. The molecule has 3 nitrogen and oxygen atoms in total. The third-order valence-electron chi connectivity index (χ3n) is 3.43. The Hall–Kier alpha value is -2.46. The van der Waals surface area contributed by atoms with Crippen molar-refractivity contribution in [3.63, 3.8) is 0 Å². The van der Waals surface area contributed by atoms with E-state index in [2.05, 4.69) is 10.3 Å². The van der Waals surface area contributed by atoms with Gasteiger partial charge in [0, 0.05) is 29.2 Å². The van der Waals surface area contributed by atoms with E-state index in [0.29, 0.717) is 12.1 Å². The first-order valence-electron chi connectivity index (χ1n) is 7.06. The summed E-state index contributed by atoms with van der Waals surface area (Å²) < 4.78 is 0. The smallest absolute Gasteiger partial charge is 0.251 e. The van der Waals surface area contributed by atoms with Crippen LogP contribution < -0.4 is 5.32 Å². The summed E-state index contributed by atoms with van der Waals surface area (Å²) in [7, 11) is 0. The summed E-state index contributed by atoms with van der Waals surface area (Å²) in [6.07, 6.45) is 1.79. The Labute approximate surface area is 133 Å². The highest BCUT2D eigenvalue weighted by molar-refractivity contribution is 7.13. The van der Waals surface area contributed by atoms with Gasteiger partial charge in [0.05, 0.1) is 0 Å². The molecule has 0 aliphatic rings. The molecule has 3 aromatic rings. The molecule has 2 aromatic carbocycles. The summed E-state index contributed by atoms with van der Waals surface area (Å²) in [4.78, 5) is 16.6. The van der Waals surface area contributed by atoms with Gasteiger partial charge in [-0.3, -0.25) is 4.79 Å². The van der Waals surface area contributed by atoms with Gasteiger partial charge in [-0.2, -0.15) is 0 Å². The van der Waals surface area contributed by atoms with E-state index < -0.39 is 0 Å². The number of amides is 1. The maximum atomic E-state index is 12.2. The topological polar surface area (TPSA) is 42.0 Å². The molecule has 22 heavy (non-hydrogen) atoms. The average molecular weight is 308 g/mol. The van der Waals surface area contributed by atoms with E-state index in [9.17, 15) is 4.79 Å². The van der Waals surface area contributed by atoms with Gasteiger partial charge in [0.25, 0.3) is 5.91 Å². The number of thiazole rings is 1. The molecule has 3 rings (SSSR count). The maximum absolute atomic E-state index is 12.2. The van der Waals surface area contributed by atoms with Crippen LogP contribution in [0, 0.1) is 6.92 Å². The van der Waals surface area contributed by atoms with E-state index in [-0.39, 0.29) is 5.91 Å². The van der Waals surface area contributed by atoms with Gasteiger partial charge < -0.3 is 5.32 Å². The number of nitrogens with zero attached hydrogens (tertiary/aromatic N) is 1.